The first-order chi connectivity index (χ1) is 9.94. The third-order valence-electron chi connectivity index (χ3n) is 2.66. The first-order valence-corrected chi connectivity index (χ1v) is 7.38. The lowest BCUT2D eigenvalue weighted by atomic mass is 10.2. The van der Waals surface area contributed by atoms with Crippen LogP contribution in [0.1, 0.15) is 10.4 Å². The molecule has 0 aliphatic rings. The maximum atomic E-state index is 13.6. The van der Waals surface area contributed by atoms with Gasteiger partial charge in [0.1, 0.15) is 10.7 Å². The van der Waals surface area contributed by atoms with Crippen LogP contribution in [0, 0.1) is 5.82 Å². The molecule has 0 aliphatic carbocycles. The summed E-state index contributed by atoms with van der Waals surface area (Å²) in [5, 5.41) is 0. The van der Waals surface area contributed by atoms with Crippen molar-refractivity contribution in [3.8, 4) is 0 Å². The molecule has 0 aromatic heterocycles. The number of carbonyl (C=O) groups excluding carboxylic acids is 1. The van der Waals surface area contributed by atoms with Gasteiger partial charge in [0.2, 0.25) is 0 Å². The van der Waals surface area contributed by atoms with Crippen LogP contribution < -0.4 is 4.72 Å². The molecule has 7 heteroatoms. The number of rotatable bonds is 4. The molecule has 5 nitrogen and oxygen atoms in total. The number of carbonyl (C=O) groups is 1. The zero-order chi connectivity index (χ0) is 15.5. The van der Waals surface area contributed by atoms with Crippen molar-refractivity contribution in [3.63, 3.8) is 0 Å². The molecule has 0 radical (unpaired) electrons. The van der Waals surface area contributed by atoms with Gasteiger partial charge < -0.3 is 4.74 Å². The summed E-state index contributed by atoms with van der Waals surface area (Å²) in [7, 11) is -2.85. The van der Waals surface area contributed by atoms with Gasteiger partial charge >= 0.3 is 5.97 Å². The van der Waals surface area contributed by atoms with Crippen LogP contribution in [0.4, 0.5) is 10.1 Å². The molecule has 0 aliphatic heterocycles. The average Bonchev–Trinajstić information content (AvgIpc) is 2.46. The largest absolute Gasteiger partial charge is 0.465 e. The fourth-order valence-electron chi connectivity index (χ4n) is 1.70. The van der Waals surface area contributed by atoms with Crippen molar-refractivity contribution in [2.45, 2.75) is 4.90 Å². The minimum absolute atomic E-state index is 0.140. The Hall–Kier alpha value is -2.41. The molecule has 110 valence electrons. The number of benzene rings is 2. The Kier molecular flexibility index (Phi) is 4.23. The third kappa shape index (κ3) is 3.38. The number of esters is 1. The summed E-state index contributed by atoms with van der Waals surface area (Å²) in [4.78, 5) is 10.9. The van der Waals surface area contributed by atoms with Crippen molar-refractivity contribution in [1.29, 1.82) is 0 Å². The second-order valence-corrected chi connectivity index (χ2v) is 5.76. The van der Waals surface area contributed by atoms with Gasteiger partial charge in [0, 0.05) is 5.69 Å². The highest BCUT2D eigenvalue weighted by Gasteiger charge is 2.19. The Morgan fingerprint density at radius 2 is 1.86 bits per heavy atom. The molecule has 0 heterocycles. The zero-order valence-electron chi connectivity index (χ0n) is 11.0. The molecule has 1 N–H and O–H groups in total. The van der Waals surface area contributed by atoms with Gasteiger partial charge in [-0.05, 0) is 30.3 Å². The predicted octanol–water partition coefficient (Wildman–Crippen LogP) is 2.41. The highest BCUT2D eigenvalue weighted by molar-refractivity contribution is 7.92. The van der Waals surface area contributed by atoms with E-state index in [0.29, 0.717) is 0 Å². The lowest BCUT2D eigenvalue weighted by Crippen LogP contribution is -2.15. The summed E-state index contributed by atoms with van der Waals surface area (Å²) in [5.41, 5.74) is 0.326. The molecule has 0 atom stereocenters. The van der Waals surface area contributed by atoms with Crippen LogP contribution in [0.15, 0.2) is 53.4 Å². The number of hydrogen-bond acceptors (Lipinski definition) is 4. The van der Waals surface area contributed by atoms with Crippen LogP contribution in [-0.4, -0.2) is 21.5 Å². The number of anilines is 1. The Labute approximate surface area is 121 Å². The summed E-state index contributed by atoms with van der Waals surface area (Å²) in [6.07, 6.45) is 0. The molecule has 2 rings (SSSR count). The quantitative estimate of drug-likeness (QED) is 0.880. The smallest absolute Gasteiger partial charge is 0.337 e. The number of nitrogens with one attached hydrogen (secondary N) is 1. The van der Waals surface area contributed by atoms with Crippen LogP contribution in [0.25, 0.3) is 0 Å². The SMILES string of the molecule is COC(=O)c1cccc(NS(=O)(=O)c2ccccc2F)c1. The van der Waals surface area contributed by atoms with Gasteiger partial charge in [0.25, 0.3) is 10.0 Å². The average molecular weight is 309 g/mol. The van der Waals surface area contributed by atoms with Crippen molar-refractivity contribution in [2.24, 2.45) is 0 Å². The van der Waals surface area contributed by atoms with E-state index in [-0.39, 0.29) is 11.3 Å². The van der Waals surface area contributed by atoms with Gasteiger partial charge in [0.15, 0.2) is 0 Å². The number of hydrogen-bond donors (Lipinski definition) is 1. The lowest BCUT2D eigenvalue weighted by molar-refractivity contribution is 0.0601. The van der Waals surface area contributed by atoms with Crippen LogP contribution in [0.2, 0.25) is 0 Å². The molecule has 0 saturated heterocycles. The third-order valence-corrected chi connectivity index (χ3v) is 4.08. The topological polar surface area (TPSA) is 72.5 Å². The summed E-state index contributed by atoms with van der Waals surface area (Å²) in [6, 6.07) is 10.8. The van der Waals surface area contributed by atoms with Crippen molar-refractivity contribution >= 4 is 21.7 Å². The highest BCUT2D eigenvalue weighted by atomic mass is 32.2. The molecule has 0 spiro atoms. The Morgan fingerprint density at radius 1 is 1.14 bits per heavy atom. The maximum Gasteiger partial charge on any atom is 0.337 e. The Bertz CT molecular complexity index is 774. The van der Waals surface area contributed by atoms with E-state index >= 15 is 0 Å². The van der Waals surface area contributed by atoms with Gasteiger partial charge in [-0.3, -0.25) is 4.72 Å². The van der Waals surface area contributed by atoms with E-state index in [4.69, 9.17) is 0 Å². The highest BCUT2D eigenvalue weighted by Crippen LogP contribution is 2.19. The molecule has 2 aromatic carbocycles. The first kappa shape index (κ1) is 15.0. The minimum Gasteiger partial charge on any atom is -0.465 e. The Balaban J connectivity index is 2.34. The van der Waals surface area contributed by atoms with Gasteiger partial charge in [0.05, 0.1) is 12.7 Å². The van der Waals surface area contributed by atoms with E-state index in [9.17, 15) is 17.6 Å². The van der Waals surface area contributed by atoms with Crippen LogP contribution >= 0.6 is 0 Å². The van der Waals surface area contributed by atoms with Crippen molar-refractivity contribution < 1.29 is 22.3 Å². The molecular formula is C14H12FNO4S. The van der Waals surface area contributed by atoms with Gasteiger partial charge in [-0.2, -0.15) is 0 Å². The molecular weight excluding hydrogens is 297 g/mol. The minimum atomic E-state index is -4.07. The van der Waals surface area contributed by atoms with Gasteiger partial charge in [-0.25, -0.2) is 17.6 Å². The van der Waals surface area contributed by atoms with Crippen molar-refractivity contribution in [2.75, 3.05) is 11.8 Å². The molecule has 21 heavy (non-hydrogen) atoms. The number of sulfonamides is 1. The fourth-order valence-corrected chi connectivity index (χ4v) is 2.83. The number of halogens is 1. The monoisotopic (exact) mass is 309 g/mol. The number of ether oxygens (including phenoxy) is 1. The summed E-state index contributed by atoms with van der Waals surface area (Å²) in [5.74, 6) is -1.45. The van der Waals surface area contributed by atoms with Crippen LogP contribution in [0.3, 0.4) is 0 Å². The second-order valence-electron chi connectivity index (χ2n) is 4.11. The fraction of sp³-hybridized carbons (Fsp3) is 0.0714. The van der Waals surface area contributed by atoms with Crippen molar-refractivity contribution in [3.05, 3.63) is 59.9 Å². The van der Waals surface area contributed by atoms with Gasteiger partial charge in [-0.1, -0.05) is 18.2 Å². The van der Waals surface area contributed by atoms with E-state index in [2.05, 4.69) is 9.46 Å². The maximum absolute atomic E-state index is 13.6. The number of methoxy groups -OCH3 is 1. The van der Waals surface area contributed by atoms with E-state index < -0.39 is 26.7 Å². The zero-order valence-corrected chi connectivity index (χ0v) is 11.9. The molecule has 0 amide bonds. The van der Waals surface area contributed by atoms with Crippen LogP contribution in [-0.2, 0) is 14.8 Å². The second kappa shape index (κ2) is 5.92. The predicted molar refractivity (Wildman–Crippen MR) is 75.0 cm³/mol. The van der Waals surface area contributed by atoms with Crippen molar-refractivity contribution in [1.82, 2.24) is 0 Å². The first-order valence-electron chi connectivity index (χ1n) is 5.90. The summed E-state index contributed by atoms with van der Waals surface area (Å²) in [6.45, 7) is 0. The normalized spacial score (nSPS) is 11.0. The summed E-state index contributed by atoms with van der Waals surface area (Å²) >= 11 is 0. The molecule has 0 saturated carbocycles. The summed E-state index contributed by atoms with van der Waals surface area (Å²) < 4.78 is 44.5. The van der Waals surface area contributed by atoms with Crippen LogP contribution in [0.5, 0.6) is 0 Å². The molecule has 0 bridgehead atoms. The van der Waals surface area contributed by atoms with E-state index in [1.54, 1.807) is 0 Å². The van der Waals surface area contributed by atoms with E-state index in [1.807, 2.05) is 0 Å². The standard InChI is InChI=1S/C14H12FNO4S/c1-20-14(17)10-5-4-6-11(9-10)16-21(18,19)13-8-3-2-7-12(13)15/h2-9,16H,1H3. The Morgan fingerprint density at radius 3 is 2.52 bits per heavy atom. The molecule has 0 unspecified atom stereocenters. The lowest BCUT2D eigenvalue weighted by Gasteiger charge is -2.09. The van der Waals surface area contributed by atoms with E-state index in [1.165, 1.54) is 43.5 Å². The molecule has 2 aromatic rings. The molecule has 0 fully saturated rings. The van der Waals surface area contributed by atoms with E-state index in [0.717, 1.165) is 12.1 Å². The van der Waals surface area contributed by atoms with Gasteiger partial charge in [-0.15, -0.1) is 0 Å².